The Bertz CT molecular complexity index is 794. The average Bonchev–Trinajstić information content (AvgIpc) is 3.07. The molecule has 2 nitrogen and oxygen atoms in total. The lowest BCUT2D eigenvalue weighted by molar-refractivity contribution is 0.189. The Balaban J connectivity index is 1.93. The molecule has 20 heavy (non-hydrogen) atoms. The zero-order valence-corrected chi connectivity index (χ0v) is 12.4. The molecule has 3 aromatic rings. The van der Waals surface area contributed by atoms with E-state index >= 15 is 0 Å². The summed E-state index contributed by atoms with van der Waals surface area (Å²) in [6, 6.07) is 14.1. The fraction of sp³-hybridized carbons (Fsp3) is 0.176. The van der Waals surface area contributed by atoms with E-state index in [0.717, 1.165) is 23.8 Å². The molecule has 4 rings (SSSR count). The third-order valence-electron chi connectivity index (χ3n) is 4.07. The molecule has 0 spiro atoms. The molecule has 1 unspecified atom stereocenters. The van der Waals surface area contributed by atoms with Crippen LogP contribution in [-0.2, 0) is 12.8 Å². The van der Waals surface area contributed by atoms with Crippen molar-refractivity contribution in [3.8, 4) is 0 Å². The summed E-state index contributed by atoms with van der Waals surface area (Å²) in [6.07, 6.45) is 1.46. The van der Waals surface area contributed by atoms with E-state index in [1.807, 2.05) is 6.07 Å². The molecule has 0 radical (unpaired) electrons. The van der Waals surface area contributed by atoms with Crippen LogP contribution < -0.4 is 0 Å². The summed E-state index contributed by atoms with van der Waals surface area (Å²) < 4.78 is 6.13. The van der Waals surface area contributed by atoms with Gasteiger partial charge in [0.15, 0.2) is 4.67 Å². The van der Waals surface area contributed by atoms with Crippen LogP contribution in [0.2, 0.25) is 0 Å². The van der Waals surface area contributed by atoms with E-state index in [0.29, 0.717) is 10.4 Å². The van der Waals surface area contributed by atoms with Gasteiger partial charge in [0.2, 0.25) is 0 Å². The van der Waals surface area contributed by atoms with Crippen molar-refractivity contribution in [2.45, 2.75) is 18.9 Å². The van der Waals surface area contributed by atoms with Gasteiger partial charge in [-0.1, -0.05) is 30.3 Å². The van der Waals surface area contributed by atoms with Gasteiger partial charge < -0.3 is 9.52 Å². The number of aliphatic hydroxyl groups excluding tert-OH is 1. The van der Waals surface area contributed by atoms with E-state index in [-0.39, 0.29) is 0 Å². The van der Waals surface area contributed by atoms with Crippen LogP contribution in [0, 0.1) is 0 Å². The Labute approximate surface area is 125 Å². The van der Waals surface area contributed by atoms with Gasteiger partial charge in [-0.2, -0.15) is 0 Å². The molecule has 0 fully saturated rings. The van der Waals surface area contributed by atoms with E-state index < -0.39 is 6.10 Å². The second kappa shape index (κ2) is 4.47. The summed E-state index contributed by atoms with van der Waals surface area (Å²) >= 11 is 3.28. The number of halogens is 1. The third-order valence-corrected chi connectivity index (χ3v) is 4.49. The lowest BCUT2D eigenvalue weighted by Gasteiger charge is -2.13. The van der Waals surface area contributed by atoms with Crippen LogP contribution in [0.4, 0.5) is 0 Å². The number of furan rings is 1. The van der Waals surface area contributed by atoms with Crippen LogP contribution >= 0.6 is 15.9 Å². The second-order valence-electron chi connectivity index (χ2n) is 5.20. The van der Waals surface area contributed by atoms with Crippen LogP contribution in [0.15, 0.2) is 51.6 Å². The van der Waals surface area contributed by atoms with Crippen LogP contribution in [-0.4, -0.2) is 5.11 Å². The maximum atomic E-state index is 10.6. The van der Waals surface area contributed by atoms with Crippen molar-refractivity contribution in [2.75, 3.05) is 0 Å². The highest BCUT2D eigenvalue weighted by Gasteiger charge is 2.21. The van der Waals surface area contributed by atoms with E-state index in [2.05, 4.69) is 40.2 Å². The van der Waals surface area contributed by atoms with Crippen LogP contribution in [0.25, 0.3) is 10.8 Å². The van der Waals surface area contributed by atoms with Gasteiger partial charge in [-0.05, 0) is 68.4 Å². The molecule has 1 atom stereocenters. The lowest BCUT2D eigenvalue weighted by atomic mass is 9.96. The monoisotopic (exact) mass is 328 g/mol. The Morgan fingerprint density at radius 2 is 1.80 bits per heavy atom. The molecule has 100 valence electrons. The quantitative estimate of drug-likeness (QED) is 0.757. The van der Waals surface area contributed by atoms with Crippen LogP contribution in [0.1, 0.15) is 28.6 Å². The highest BCUT2D eigenvalue weighted by Crippen LogP contribution is 2.37. The van der Waals surface area contributed by atoms with Gasteiger partial charge >= 0.3 is 0 Å². The zero-order chi connectivity index (χ0) is 13.7. The number of benzene rings is 2. The van der Waals surface area contributed by atoms with E-state index in [1.54, 1.807) is 12.1 Å². The van der Waals surface area contributed by atoms with E-state index in [9.17, 15) is 5.11 Å². The Hall–Kier alpha value is -1.58. The molecular formula is C17H13BrO2. The standard InChI is InChI=1S/C17H13BrO2/c18-15-9-8-14(20-15)17(19)13-7-6-11-5-4-10-2-1-3-12(13)16(10)11/h1-3,6-9,17,19H,4-5H2. The molecule has 3 heteroatoms. The summed E-state index contributed by atoms with van der Waals surface area (Å²) in [5.41, 5.74) is 3.67. The van der Waals surface area contributed by atoms with Gasteiger partial charge in [0.1, 0.15) is 11.9 Å². The van der Waals surface area contributed by atoms with Gasteiger partial charge in [-0.15, -0.1) is 0 Å². The summed E-state index contributed by atoms with van der Waals surface area (Å²) in [6.45, 7) is 0. The van der Waals surface area contributed by atoms with Crippen molar-refractivity contribution in [1.82, 2.24) is 0 Å². The summed E-state index contributed by atoms with van der Waals surface area (Å²) in [5.74, 6) is 0.565. The summed E-state index contributed by atoms with van der Waals surface area (Å²) in [7, 11) is 0. The van der Waals surface area contributed by atoms with Crippen molar-refractivity contribution in [1.29, 1.82) is 0 Å². The number of hydrogen-bond acceptors (Lipinski definition) is 2. The van der Waals surface area contributed by atoms with E-state index in [4.69, 9.17) is 4.42 Å². The van der Waals surface area contributed by atoms with E-state index in [1.165, 1.54) is 16.5 Å². The molecule has 1 aliphatic rings. The minimum atomic E-state index is -0.730. The smallest absolute Gasteiger partial charge is 0.169 e. The van der Waals surface area contributed by atoms with Gasteiger partial charge in [-0.3, -0.25) is 0 Å². The van der Waals surface area contributed by atoms with Gasteiger partial charge in [0.05, 0.1) is 0 Å². The van der Waals surface area contributed by atoms with Gasteiger partial charge in [-0.25, -0.2) is 0 Å². The molecular weight excluding hydrogens is 316 g/mol. The molecule has 1 aromatic heterocycles. The number of aryl methyl sites for hydroxylation is 2. The highest BCUT2D eigenvalue weighted by atomic mass is 79.9. The first kappa shape index (κ1) is 12.2. The van der Waals surface area contributed by atoms with Crippen molar-refractivity contribution in [3.63, 3.8) is 0 Å². The van der Waals surface area contributed by atoms with Crippen molar-refractivity contribution in [2.24, 2.45) is 0 Å². The fourth-order valence-electron chi connectivity index (χ4n) is 3.14. The highest BCUT2D eigenvalue weighted by molar-refractivity contribution is 9.10. The lowest BCUT2D eigenvalue weighted by Crippen LogP contribution is -1.99. The predicted octanol–water partition coefficient (Wildman–Crippen LogP) is 4.38. The molecule has 0 amide bonds. The topological polar surface area (TPSA) is 33.4 Å². The molecule has 0 saturated heterocycles. The molecule has 1 heterocycles. The first-order valence-corrected chi connectivity index (χ1v) is 7.50. The third kappa shape index (κ3) is 1.74. The first-order valence-electron chi connectivity index (χ1n) is 6.71. The number of hydrogen-bond donors (Lipinski definition) is 1. The molecule has 2 aromatic carbocycles. The maximum Gasteiger partial charge on any atom is 0.169 e. The average molecular weight is 329 g/mol. The molecule has 0 saturated carbocycles. The minimum absolute atomic E-state index is 0.565. The summed E-state index contributed by atoms with van der Waals surface area (Å²) in [5, 5.41) is 13.0. The van der Waals surface area contributed by atoms with Crippen LogP contribution in [0.3, 0.4) is 0 Å². The normalized spacial score (nSPS) is 14.9. The van der Waals surface area contributed by atoms with Crippen LogP contribution in [0.5, 0.6) is 0 Å². The Morgan fingerprint density at radius 3 is 2.55 bits per heavy atom. The predicted molar refractivity (Wildman–Crippen MR) is 81.8 cm³/mol. The molecule has 1 aliphatic carbocycles. The molecule has 1 N–H and O–H groups in total. The minimum Gasteiger partial charge on any atom is -0.451 e. The number of rotatable bonds is 2. The Morgan fingerprint density at radius 1 is 1.00 bits per heavy atom. The van der Waals surface area contributed by atoms with Gasteiger partial charge in [0, 0.05) is 0 Å². The van der Waals surface area contributed by atoms with Crippen molar-refractivity contribution >= 4 is 26.7 Å². The van der Waals surface area contributed by atoms with Gasteiger partial charge in [0.25, 0.3) is 0 Å². The fourth-order valence-corrected chi connectivity index (χ4v) is 3.46. The molecule has 0 bridgehead atoms. The Kier molecular flexibility index (Phi) is 2.72. The molecule has 0 aliphatic heterocycles. The second-order valence-corrected chi connectivity index (χ2v) is 5.98. The first-order chi connectivity index (χ1) is 9.74. The van der Waals surface area contributed by atoms with Crippen molar-refractivity contribution < 1.29 is 9.52 Å². The largest absolute Gasteiger partial charge is 0.451 e. The van der Waals surface area contributed by atoms with Crippen molar-refractivity contribution in [3.05, 3.63) is 69.6 Å². The number of aliphatic hydroxyl groups is 1. The zero-order valence-electron chi connectivity index (χ0n) is 10.8. The summed E-state index contributed by atoms with van der Waals surface area (Å²) in [4.78, 5) is 0. The SMILES string of the molecule is OC(c1ccc(Br)o1)c1ccc2c3c(cccc13)CC2. The maximum absolute atomic E-state index is 10.6.